The maximum absolute atomic E-state index is 5.61. The first-order valence-electron chi connectivity index (χ1n) is 5.06. The van der Waals surface area contributed by atoms with Crippen LogP contribution in [0.1, 0.15) is 19.8 Å². The van der Waals surface area contributed by atoms with Crippen LogP contribution < -0.4 is 5.32 Å². The molecule has 1 atom stereocenters. The minimum atomic E-state index is -0.609. The van der Waals surface area contributed by atoms with Gasteiger partial charge in [-0.2, -0.15) is 0 Å². The maximum atomic E-state index is 5.61. The van der Waals surface area contributed by atoms with E-state index in [2.05, 4.69) is 12.2 Å². The minimum absolute atomic E-state index is 0.380. The van der Waals surface area contributed by atoms with Crippen LogP contribution in [0.3, 0.4) is 0 Å². The summed E-state index contributed by atoms with van der Waals surface area (Å²) in [6.45, 7) is 3.75. The van der Waals surface area contributed by atoms with Crippen molar-refractivity contribution in [2.45, 2.75) is 31.2 Å². The zero-order chi connectivity index (χ0) is 10.7. The minimum Gasteiger partial charge on any atom is -0.371 e. The molecule has 0 amide bonds. The first-order valence-corrected chi connectivity index (χ1v) is 5.06. The van der Waals surface area contributed by atoms with Gasteiger partial charge >= 0.3 is 0 Å². The molecular formula is C10H21NO3. The van der Waals surface area contributed by atoms with Gasteiger partial charge in [0, 0.05) is 40.8 Å². The molecule has 1 aliphatic rings. The lowest BCUT2D eigenvalue weighted by Crippen LogP contribution is -2.66. The van der Waals surface area contributed by atoms with E-state index in [9.17, 15) is 0 Å². The summed E-state index contributed by atoms with van der Waals surface area (Å²) in [6, 6.07) is 0. The monoisotopic (exact) mass is 203 g/mol. The Balaban J connectivity index is 2.96. The zero-order valence-corrected chi connectivity index (χ0v) is 9.55. The van der Waals surface area contributed by atoms with Gasteiger partial charge in [-0.3, -0.25) is 0 Å². The lowest BCUT2D eigenvalue weighted by atomic mass is 9.84. The molecule has 14 heavy (non-hydrogen) atoms. The number of rotatable bonds is 4. The topological polar surface area (TPSA) is 39.7 Å². The van der Waals surface area contributed by atoms with Gasteiger partial charge in [-0.1, -0.05) is 6.92 Å². The smallest absolute Gasteiger partial charge is 0.199 e. The number of methoxy groups -OCH3 is 3. The van der Waals surface area contributed by atoms with Crippen LogP contribution in [0.25, 0.3) is 0 Å². The molecule has 1 fully saturated rings. The molecule has 4 heteroatoms. The quantitative estimate of drug-likeness (QED) is 0.685. The summed E-state index contributed by atoms with van der Waals surface area (Å²) in [6.07, 6.45) is 1.67. The largest absolute Gasteiger partial charge is 0.371 e. The molecule has 0 aromatic carbocycles. The predicted molar refractivity (Wildman–Crippen MR) is 54.3 cm³/mol. The number of hydrogen-bond donors (Lipinski definition) is 1. The third kappa shape index (κ3) is 1.56. The van der Waals surface area contributed by atoms with Crippen molar-refractivity contribution in [3.8, 4) is 0 Å². The Kier molecular flexibility index (Phi) is 3.89. The van der Waals surface area contributed by atoms with Gasteiger partial charge < -0.3 is 19.5 Å². The summed E-state index contributed by atoms with van der Waals surface area (Å²) in [5.41, 5.74) is -0.380. The summed E-state index contributed by atoms with van der Waals surface area (Å²) < 4.78 is 16.7. The molecule has 0 aromatic rings. The van der Waals surface area contributed by atoms with Gasteiger partial charge in [0.2, 0.25) is 0 Å². The van der Waals surface area contributed by atoms with Gasteiger partial charge in [-0.15, -0.1) is 0 Å². The first kappa shape index (κ1) is 11.9. The molecule has 0 aliphatic carbocycles. The second kappa shape index (κ2) is 4.57. The molecule has 0 aromatic heterocycles. The van der Waals surface area contributed by atoms with E-state index in [0.717, 1.165) is 25.9 Å². The highest BCUT2D eigenvalue weighted by Gasteiger charge is 2.53. The molecular weight excluding hydrogens is 182 g/mol. The van der Waals surface area contributed by atoms with Crippen molar-refractivity contribution in [1.29, 1.82) is 0 Å². The predicted octanol–water partition coefficient (Wildman–Crippen LogP) is 0.764. The fraction of sp³-hybridized carbons (Fsp3) is 1.00. The zero-order valence-electron chi connectivity index (χ0n) is 9.55. The van der Waals surface area contributed by atoms with E-state index in [4.69, 9.17) is 14.2 Å². The highest BCUT2D eigenvalue weighted by atomic mass is 16.7. The van der Waals surface area contributed by atoms with Gasteiger partial charge in [0.25, 0.3) is 0 Å². The molecule has 84 valence electrons. The third-order valence-electron chi connectivity index (χ3n) is 3.36. The standard InChI is InChI=1S/C10H21NO3/c1-5-9(12-2)8-11-7-6-10(9,13-3)14-4/h11H,5-8H2,1-4H3. The van der Waals surface area contributed by atoms with E-state index in [0.29, 0.717) is 0 Å². The van der Waals surface area contributed by atoms with Crippen molar-refractivity contribution in [2.24, 2.45) is 0 Å². The molecule has 1 rings (SSSR count). The molecule has 0 saturated carbocycles. The number of nitrogens with one attached hydrogen (secondary N) is 1. The Morgan fingerprint density at radius 2 is 1.79 bits per heavy atom. The lowest BCUT2D eigenvalue weighted by molar-refractivity contribution is -0.318. The Labute approximate surface area is 85.9 Å². The molecule has 1 saturated heterocycles. The van der Waals surface area contributed by atoms with Crippen LogP contribution in [0.5, 0.6) is 0 Å². The highest BCUT2D eigenvalue weighted by molar-refractivity contribution is 5.00. The Bertz CT molecular complexity index is 156. The van der Waals surface area contributed by atoms with E-state index >= 15 is 0 Å². The maximum Gasteiger partial charge on any atom is 0.199 e. The molecule has 0 spiro atoms. The average Bonchev–Trinajstić information content (AvgIpc) is 2.28. The Morgan fingerprint density at radius 3 is 2.14 bits per heavy atom. The third-order valence-corrected chi connectivity index (χ3v) is 3.36. The average molecular weight is 203 g/mol. The fourth-order valence-electron chi connectivity index (χ4n) is 2.33. The molecule has 0 radical (unpaired) electrons. The van der Waals surface area contributed by atoms with Gasteiger partial charge in [0.05, 0.1) is 0 Å². The van der Waals surface area contributed by atoms with Crippen molar-refractivity contribution < 1.29 is 14.2 Å². The summed E-state index contributed by atoms with van der Waals surface area (Å²) in [4.78, 5) is 0. The molecule has 0 bridgehead atoms. The van der Waals surface area contributed by atoms with Crippen LogP contribution in [-0.2, 0) is 14.2 Å². The molecule has 1 unspecified atom stereocenters. The van der Waals surface area contributed by atoms with Crippen LogP contribution in [-0.4, -0.2) is 45.8 Å². The number of ether oxygens (including phenoxy) is 3. The van der Waals surface area contributed by atoms with Crippen molar-refractivity contribution in [2.75, 3.05) is 34.4 Å². The molecule has 1 heterocycles. The summed E-state index contributed by atoms with van der Waals surface area (Å²) in [7, 11) is 5.07. The molecule has 1 aliphatic heterocycles. The summed E-state index contributed by atoms with van der Waals surface area (Å²) >= 11 is 0. The van der Waals surface area contributed by atoms with Crippen LogP contribution in [0.15, 0.2) is 0 Å². The van der Waals surface area contributed by atoms with Gasteiger partial charge in [0.15, 0.2) is 5.79 Å². The van der Waals surface area contributed by atoms with E-state index in [-0.39, 0.29) is 5.60 Å². The molecule has 1 N–H and O–H groups in total. The first-order chi connectivity index (χ1) is 6.70. The van der Waals surface area contributed by atoms with Crippen LogP contribution >= 0.6 is 0 Å². The van der Waals surface area contributed by atoms with Crippen molar-refractivity contribution in [1.82, 2.24) is 5.32 Å². The normalized spacial score (nSPS) is 31.7. The van der Waals surface area contributed by atoms with Crippen LogP contribution in [0, 0.1) is 0 Å². The van der Waals surface area contributed by atoms with Crippen molar-refractivity contribution in [3.05, 3.63) is 0 Å². The molecule has 4 nitrogen and oxygen atoms in total. The lowest BCUT2D eigenvalue weighted by Gasteiger charge is -2.50. The second-order valence-corrected chi connectivity index (χ2v) is 3.64. The van der Waals surface area contributed by atoms with E-state index in [1.165, 1.54) is 0 Å². The van der Waals surface area contributed by atoms with Gasteiger partial charge in [-0.05, 0) is 6.42 Å². The van der Waals surface area contributed by atoms with Crippen LogP contribution in [0.2, 0.25) is 0 Å². The van der Waals surface area contributed by atoms with Crippen molar-refractivity contribution in [3.63, 3.8) is 0 Å². The van der Waals surface area contributed by atoms with Crippen LogP contribution in [0.4, 0.5) is 0 Å². The SMILES string of the molecule is CCC1(OC)CNCCC1(OC)OC. The Morgan fingerprint density at radius 1 is 1.14 bits per heavy atom. The Hall–Kier alpha value is -0.160. The summed E-state index contributed by atoms with van der Waals surface area (Å²) in [5.74, 6) is -0.609. The van der Waals surface area contributed by atoms with Gasteiger partial charge in [0.1, 0.15) is 5.60 Å². The second-order valence-electron chi connectivity index (χ2n) is 3.64. The number of hydrogen-bond acceptors (Lipinski definition) is 4. The van der Waals surface area contributed by atoms with Crippen molar-refractivity contribution >= 4 is 0 Å². The number of piperidine rings is 1. The highest BCUT2D eigenvalue weighted by Crippen LogP contribution is 2.37. The van der Waals surface area contributed by atoms with E-state index in [1.807, 2.05) is 0 Å². The van der Waals surface area contributed by atoms with E-state index in [1.54, 1.807) is 21.3 Å². The summed E-state index contributed by atoms with van der Waals surface area (Å²) in [5, 5.41) is 3.32. The fourth-order valence-corrected chi connectivity index (χ4v) is 2.33. The van der Waals surface area contributed by atoms with Gasteiger partial charge in [-0.25, -0.2) is 0 Å². The van der Waals surface area contributed by atoms with E-state index < -0.39 is 5.79 Å².